The highest BCUT2D eigenvalue weighted by molar-refractivity contribution is 4.74. The zero-order valence-electron chi connectivity index (χ0n) is 13.6. The molecule has 1 rings (SSSR count). The second-order valence-corrected chi connectivity index (χ2v) is 6.72. The molecule has 1 fully saturated rings. The van der Waals surface area contributed by atoms with Crippen molar-refractivity contribution in [2.24, 2.45) is 5.92 Å². The molecular weight excluding hydrogens is 230 g/mol. The Kier molecular flexibility index (Phi) is 10.5. The number of hydrogen-bond acceptors (Lipinski definition) is 1. The van der Waals surface area contributed by atoms with Crippen LogP contribution in [0.2, 0.25) is 0 Å². The third kappa shape index (κ3) is 9.49. The Morgan fingerprint density at radius 1 is 0.842 bits per heavy atom. The summed E-state index contributed by atoms with van der Waals surface area (Å²) < 4.78 is 0. The molecule has 0 aromatic rings. The molecule has 2 unspecified atom stereocenters. The first kappa shape index (κ1) is 17.0. The zero-order valence-corrected chi connectivity index (χ0v) is 13.6. The van der Waals surface area contributed by atoms with Gasteiger partial charge in [0.2, 0.25) is 0 Å². The molecular formula is C18H37N. The minimum Gasteiger partial charge on any atom is -0.314 e. The van der Waals surface area contributed by atoms with E-state index < -0.39 is 0 Å². The Balaban J connectivity index is 1.78. The van der Waals surface area contributed by atoms with E-state index in [2.05, 4.69) is 19.2 Å². The Labute approximate surface area is 121 Å². The average molecular weight is 268 g/mol. The van der Waals surface area contributed by atoms with Crippen molar-refractivity contribution in [2.75, 3.05) is 6.54 Å². The van der Waals surface area contributed by atoms with Crippen molar-refractivity contribution in [1.29, 1.82) is 0 Å². The van der Waals surface area contributed by atoms with Crippen LogP contribution >= 0.6 is 0 Å². The minimum atomic E-state index is 0.766. The summed E-state index contributed by atoms with van der Waals surface area (Å²) in [5, 5.41) is 3.55. The van der Waals surface area contributed by atoms with Crippen molar-refractivity contribution >= 4 is 0 Å². The van der Waals surface area contributed by atoms with E-state index in [9.17, 15) is 0 Å². The van der Waals surface area contributed by atoms with E-state index in [1.54, 1.807) is 0 Å². The monoisotopic (exact) mass is 267 g/mol. The predicted molar refractivity (Wildman–Crippen MR) is 86.6 cm³/mol. The topological polar surface area (TPSA) is 12.0 Å². The lowest BCUT2D eigenvalue weighted by Crippen LogP contribution is -2.35. The predicted octanol–water partition coefficient (Wildman–Crippen LogP) is 5.69. The molecule has 1 heterocycles. The molecule has 1 N–H and O–H groups in total. The molecule has 0 aliphatic carbocycles. The summed E-state index contributed by atoms with van der Waals surface area (Å²) in [4.78, 5) is 0. The highest BCUT2D eigenvalue weighted by atomic mass is 14.9. The van der Waals surface area contributed by atoms with Crippen LogP contribution in [0.25, 0.3) is 0 Å². The summed E-state index contributed by atoms with van der Waals surface area (Å²) in [6, 6.07) is 0.766. The Bertz CT molecular complexity index is 190. The first-order valence-electron chi connectivity index (χ1n) is 9.06. The summed E-state index contributed by atoms with van der Waals surface area (Å²) in [7, 11) is 0. The van der Waals surface area contributed by atoms with Gasteiger partial charge in [-0.05, 0) is 32.2 Å². The van der Waals surface area contributed by atoms with Crippen LogP contribution in [0.5, 0.6) is 0 Å². The van der Waals surface area contributed by atoms with Crippen molar-refractivity contribution in [1.82, 2.24) is 5.32 Å². The van der Waals surface area contributed by atoms with Crippen LogP contribution in [0.1, 0.15) is 97.3 Å². The van der Waals surface area contributed by atoms with Gasteiger partial charge in [0.1, 0.15) is 0 Å². The smallest absolute Gasteiger partial charge is 0.00413 e. The van der Waals surface area contributed by atoms with Crippen molar-refractivity contribution in [2.45, 2.75) is 103 Å². The Hall–Kier alpha value is -0.0400. The van der Waals surface area contributed by atoms with E-state index in [4.69, 9.17) is 0 Å². The quantitative estimate of drug-likeness (QED) is 0.474. The largest absolute Gasteiger partial charge is 0.314 e. The van der Waals surface area contributed by atoms with E-state index >= 15 is 0 Å². The van der Waals surface area contributed by atoms with Gasteiger partial charge < -0.3 is 5.32 Å². The van der Waals surface area contributed by atoms with Gasteiger partial charge in [0, 0.05) is 6.04 Å². The molecule has 1 aliphatic rings. The van der Waals surface area contributed by atoms with Crippen LogP contribution < -0.4 is 5.32 Å². The highest BCUT2D eigenvalue weighted by Gasteiger charge is 2.17. The van der Waals surface area contributed by atoms with Crippen molar-refractivity contribution in [3.05, 3.63) is 0 Å². The summed E-state index contributed by atoms with van der Waals surface area (Å²) in [5.41, 5.74) is 0. The second kappa shape index (κ2) is 11.8. The third-order valence-corrected chi connectivity index (χ3v) is 4.70. The normalized spacial score (nSPS) is 23.7. The van der Waals surface area contributed by atoms with E-state index in [-0.39, 0.29) is 0 Å². The fourth-order valence-corrected chi connectivity index (χ4v) is 3.42. The standard InChI is InChI=1S/C18H37N/c1-3-4-5-6-7-8-9-10-11-12-13-18-14-15-19-17(2)16-18/h17-19H,3-16H2,1-2H3. The Morgan fingerprint density at radius 2 is 1.42 bits per heavy atom. The molecule has 1 nitrogen and oxygen atoms in total. The SMILES string of the molecule is CCCCCCCCCCCCC1CCNC(C)C1. The second-order valence-electron chi connectivity index (χ2n) is 6.72. The minimum absolute atomic E-state index is 0.766. The maximum absolute atomic E-state index is 3.55. The number of piperidine rings is 1. The molecule has 2 atom stereocenters. The summed E-state index contributed by atoms with van der Waals surface area (Å²) >= 11 is 0. The molecule has 1 aliphatic heterocycles. The van der Waals surface area contributed by atoms with Gasteiger partial charge >= 0.3 is 0 Å². The van der Waals surface area contributed by atoms with Crippen molar-refractivity contribution in [3.63, 3.8) is 0 Å². The van der Waals surface area contributed by atoms with E-state index in [1.807, 2.05) is 0 Å². The molecule has 0 saturated carbocycles. The van der Waals surface area contributed by atoms with Gasteiger partial charge in [0.25, 0.3) is 0 Å². The lowest BCUT2D eigenvalue weighted by Gasteiger charge is -2.27. The maximum atomic E-state index is 3.55. The lowest BCUT2D eigenvalue weighted by atomic mass is 9.88. The highest BCUT2D eigenvalue weighted by Crippen LogP contribution is 2.22. The molecule has 19 heavy (non-hydrogen) atoms. The molecule has 0 radical (unpaired) electrons. The van der Waals surface area contributed by atoms with E-state index in [0.29, 0.717) is 0 Å². The molecule has 1 saturated heterocycles. The number of rotatable bonds is 11. The molecule has 0 amide bonds. The first-order chi connectivity index (χ1) is 9.33. The van der Waals surface area contributed by atoms with Gasteiger partial charge in [-0.15, -0.1) is 0 Å². The van der Waals surface area contributed by atoms with Gasteiger partial charge in [-0.3, -0.25) is 0 Å². The van der Waals surface area contributed by atoms with Crippen LogP contribution in [0.15, 0.2) is 0 Å². The fourth-order valence-electron chi connectivity index (χ4n) is 3.42. The van der Waals surface area contributed by atoms with E-state index in [1.165, 1.54) is 90.0 Å². The third-order valence-electron chi connectivity index (χ3n) is 4.70. The summed E-state index contributed by atoms with van der Waals surface area (Å²) in [5.74, 6) is 1.02. The number of unbranched alkanes of at least 4 members (excludes halogenated alkanes) is 9. The lowest BCUT2D eigenvalue weighted by molar-refractivity contribution is 0.293. The molecule has 0 aromatic heterocycles. The maximum Gasteiger partial charge on any atom is 0.00413 e. The van der Waals surface area contributed by atoms with Gasteiger partial charge in [0.15, 0.2) is 0 Å². The van der Waals surface area contributed by atoms with Crippen LogP contribution in [0.3, 0.4) is 0 Å². The molecule has 0 bridgehead atoms. The van der Waals surface area contributed by atoms with Gasteiger partial charge in [-0.2, -0.15) is 0 Å². The molecule has 0 spiro atoms. The van der Waals surface area contributed by atoms with Gasteiger partial charge in [-0.25, -0.2) is 0 Å². The molecule has 1 heteroatoms. The first-order valence-corrected chi connectivity index (χ1v) is 9.06. The average Bonchev–Trinajstić information content (AvgIpc) is 2.41. The van der Waals surface area contributed by atoms with Crippen molar-refractivity contribution in [3.8, 4) is 0 Å². The fraction of sp³-hybridized carbons (Fsp3) is 1.00. The van der Waals surface area contributed by atoms with Gasteiger partial charge in [0.05, 0.1) is 0 Å². The number of hydrogen-bond donors (Lipinski definition) is 1. The zero-order chi connectivity index (χ0) is 13.8. The van der Waals surface area contributed by atoms with Crippen molar-refractivity contribution < 1.29 is 0 Å². The van der Waals surface area contributed by atoms with Crippen LogP contribution in [-0.4, -0.2) is 12.6 Å². The van der Waals surface area contributed by atoms with E-state index in [0.717, 1.165) is 12.0 Å². The van der Waals surface area contributed by atoms with Gasteiger partial charge in [-0.1, -0.05) is 77.6 Å². The van der Waals surface area contributed by atoms with Crippen LogP contribution in [-0.2, 0) is 0 Å². The van der Waals surface area contributed by atoms with Crippen LogP contribution in [0.4, 0.5) is 0 Å². The Morgan fingerprint density at radius 3 is 2.00 bits per heavy atom. The summed E-state index contributed by atoms with van der Waals surface area (Å²) in [6.45, 7) is 5.89. The molecule has 114 valence electrons. The summed E-state index contributed by atoms with van der Waals surface area (Å²) in [6.07, 6.45) is 18.9. The van der Waals surface area contributed by atoms with Crippen LogP contribution in [0, 0.1) is 5.92 Å². The number of nitrogens with one attached hydrogen (secondary N) is 1. The molecule has 0 aromatic carbocycles.